The summed E-state index contributed by atoms with van der Waals surface area (Å²) in [5.41, 5.74) is 2.39. The van der Waals surface area contributed by atoms with Crippen LogP contribution >= 0.6 is 16.9 Å². The Balaban J connectivity index is 1.59. The van der Waals surface area contributed by atoms with Crippen molar-refractivity contribution in [2.45, 2.75) is 12.3 Å². The largest absolute Gasteiger partial charge is 0.747 e. The molecule has 1 heterocycles. The molecule has 0 saturated carbocycles. The SMILES string of the molecule is O=C(O)c1ccccc1-c1c2cc(-c3ccc(OP(O)O)cc3)c(=O)cc-2oc2cc(O)c(C3C=CC(O[P+](=O)O)=CC3)cc12. The quantitative estimate of drug-likeness (QED) is 0.0881. The summed E-state index contributed by atoms with van der Waals surface area (Å²) >= 11 is 0. The van der Waals surface area contributed by atoms with E-state index in [1.807, 2.05) is 0 Å². The average molecular weight is 645 g/mol. The van der Waals surface area contributed by atoms with Crippen LogP contribution in [0.5, 0.6) is 11.5 Å². The number of phenols is 1. The van der Waals surface area contributed by atoms with Gasteiger partial charge < -0.3 is 28.9 Å². The molecule has 2 atom stereocenters. The number of carboxylic acids is 1. The second-order valence-corrected chi connectivity index (χ2v) is 11.4. The van der Waals surface area contributed by atoms with E-state index < -0.39 is 22.8 Å². The van der Waals surface area contributed by atoms with Crippen molar-refractivity contribution in [3.8, 4) is 45.1 Å². The lowest BCUT2D eigenvalue weighted by molar-refractivity contribution is 0.0697. The molecule has 3 aliphatic rings. The van der Waals surface area contributed by atoms with E-state index in [0.29, 0.717) is 39.6 Å². The van der Waals surface area contributed by atoms with Crippen LogP contribution in [0, 0.1) is 0 Å². The lowest BCUT2D eigenvalue weighted by Gasteiger charge is -2.21. The van der Waals surface area contributed by atoms with E-state index in [-0.39, 0.29) is 51.1 Å². The van der Waals surface area contributed by atoms with Crippen molar-refractivity contribution >= 4 is 33.8 Å². The van der Waals surface area contributed by atoms with Crippen molar-refractivity contribution in [2.24, 2.45) is 0 Å². The Morgan fingerprint density at radius 2 is 1.73 bits per heavy atom. The molecule has 3 aromatic rings. The monoisotopic (exact) mass is 645 g/mol. The average Bonchev–Trinajstić information content (AvgIpc) is 3.00. The molecule has 5 N–H and O–H groups in total. The molecule has 45 heavy (non-hydrogen) atoms. The van der Waals surface area contributed by atoms with Crippen LogP contribution in [0.3, 0.4) is 0 Å². The summed E-state index contributed by atoms with van der Waals surface area (Å²) < 4.78 is 27.0. The van der Waals surface area contributed by atoms with Gasteiger partial charge in [-0.1, -0.05) is 36.4 Å². The first-order valence-electron chi connectivity index (χ1n) is 13.4. The molecular formula is C32H23O11P2+. The van der Waals surface area contributed by atoms with Crippen molar-refractivity contribution in [1.29, 1.82) is 0 Å². The van der Waals surface area contributed by atoms with Gasteiger partial charge in [0.15, 0.2) is 11.2 Å². The highest BCUT2D eigenvalue weighted by atomic mass is 31.2. The zero-order valence-electron chi connectivity index (χ0n) is 23.0. The van der Waals surface area contributed by atoms with Gasteiger partial charge in [0.25, 0.3) is 0 Å². The second-order valence-electron chi connectivity index (χ2n) is 10.1. The third kappa shape index (κ3) is 6.08. The van der Waals surface area contributed by atoms with E-state index in [9.17, 15) is 24.4 Å². The maximum Gasteiger partial charge on any atom is 0.747 e. The fraction of sp³-hybridized carbons (Fsp3) is 0.0625. The Labute approximate surface area is 256 Å². The van der Waals surface area contributed by atoms with Crippen LogP contribution in [0.1, 0.15) is 28.3 Å². The van der Waals surface area contributed by atoms with Gasteiger partial charge in [-0.25, -0.2) is 9.32 Å². The smallest absolute Gasteiger partial charge is 0.508 e. The van der Waals surface area contributed by atoms with E-state index in [0.717, 1.165) is 0 Å². The van der Waals surface area contributed by atoms with E-state index in [4.69, 9.17) is 28.1 Å². The molecule has 226 valence electrons. The van der Waals surface area contributed by atoms with E-state index >= 15 is 0 Å². The van der Waals surface area contributed by atoms with Crippen molar-refractivity contribution in [3.63, 3.8) is 0 Å². The normalized spacial score (nSPS) is 14.9. The Kier molecular flexibility index (Phi) is 8.20. The van der Waals surface area contributed by atoms with Gasteiger partial charge in [-0.05, 0) is 60.0 Å². The summed E-state index contributed by atoms with van der Waals surface area (Å²) in [6, 6.07) is 18.6. The minimum atomic E-state index is -2.83. The van der Waals surface area contributed by atoms with Gasteiger partial charge in [0.2, 0.25) is 0 Å². The summed E-state index contributed by atoms with van der Waals surface area (Å²) in [4.78, 5) is 53.0. The molecule has 0 amide bonds. The van der Waals surface area contributed by atoms with Crippen molar-refractivity contribution in [2.75, 3.05) is 0 Å². The van der Waals surface area contributed by atoms with Gasteiger partial charge >= 0.3 is 22.8 Å². The summed E-state index contributed by atoms with van der Waals surface area (Å²) in [6.07, 6.45) is 5.24. The molecule has 0 radical (unpaired) electrons. The zero-order valence-corrected chi connectivity index (χ0v) is 24.8. The standard InChI is InChI=1S/C32H22O11P2/c33-27-15-29-25(13-23(27)17-5-9-19(10-6-17)42-44(37)38)31(21-3-1-2-4-22(21)32(35)36)26-14-24(28(34)16-30(26)41-29)18-7-11-20(12-8-18)43-45(39)40/h1-7,9-16,18,37-38H,8H2,(H2-,33,34,35,36,39,40)/p+1. The minimum absolute atomic E-state index is 0.0140. The maximum absolute atomic E-state index is 13.3. The summed E-state index contributed by atoms with van der Waals surface area (Å²) in [5.74, 6) is -1.02. The third-order valence-corrected chi connectivity index (χ3v) is 8.14. The molecular weight excluding hydrogens is 622 g/mol. The number of phenolic OH excluding ortho intramolecular Hbond substituents is 1. The lowest BCUT2D eigenvalue weighted by Crippen LogP contribution is -2.07. The van der Waals surface area contributed by atoms with Crippen LogP contribution in [0.4, 0.5) is 0 Å². The van der Waals surface area contributed by atoms with E-state index in [1.54, 1.807) is 54.6 Å². The zero-order chi connectivity index (χ0) is 31.8. The fourth-order valence-corrected chi connectivity index (χ4v) is 6.08. The van der Waals surface area contributed by atoms with Crippen LogP contribution in [0.15, 0.2) is 106 Å². The van der Waals surface area contributed by atoms with Gasteiger partial charge in [-0.15, -0.1) is 4.89 Å². The first-order chi connectivity index (χ1) is 21.6. The number of fused-ring (bicyclic) bond motifs is 2. The number of allylic oxidation sites excluding steroid dienone is 3. The van der Waals surface area contributed by atoms with Gasteiger partial charge in [-0.3, -0.25) is 4.79 Å². The highest BCUT2D eigenvalue weighted by Crippen LogP contribution is 2.46. The molecule has 11 nitrogen and oxygen atoms in total. The number of benzene rings is 4. The minimum Gasteiger partial charge on any atom is -0.508 e. The molecule has 0 bridgehead atoms. The summed E-state index contributed by atoms with van der Waals surface area (Å²) in [7, 11) is -5.45. The second kappa shape index (κ2) is 12.2. The van der Waals surface area contributed by atoms with Crippen LogP contribution in [-0.2, 0) is 9.09 Å². The van der Waals surface area contributed by atoms with Crippen LogP contribution in [-0.4, -0.2) is 30.9 Å². The summed E-state index contributed by atoms with van der Waals surface area (Å²) in [6.45, 7) is 0. The Morgan fingerprint density at radius 3 is 2.40 bits per heavy atom. The Bertz CT molecular complexity index is 2060. The number of aromatic hydroxyl groups is 1. The number of hydrogen-bond acceptors (Lipinski definition) is 9. The summed E-state index contributed by atoms with van der Waals surface area (Å²) in [5, 5.41) is 21.6. The van der Waals surface area contributed by atoms with Gasteiger partial charge in [-0.2, -0.15) is 0 Å². The lowest BCUT2D eigenvalue weighted by atomic mass is 9.86. The molecule has 0 spiro atoms. The maximum atomic E-state index is 13.3. The highest BCUT2D eigenvalue weighted by Gasteiger charge is 2.26. The van der Waals surface area contributed by atoms with Crippen molar-refractivity contribution < 1.29 is 47.7 Å². The molecule has 1 aliphatic heterocycles. The first-order valence-corrected chi connectivity index (χ1v) is 15.7. The van der Waals surface area contributed by atoms with Crippen molar-refractivity contribution in [1.82, 2.24) is 0 Å². The third-order valence-electron chi connectivity index (χ3n) is 7.40. The molecule has 2 aliphatic carbocycles. The molecule has 2 unspecified atom stereocenters. The molecule has 0 aromatic heterocycles. The number of carboxylic acid groups (broad SMARTS) is 1. The van der Waals surface area contributed by atoms with Gasteiger partial charge in [0.05, 0.1) is 5.56 Å². The van der Waals surface area contributed by atoms with Crippen LogP contribution < -0.4 is 9.95 Å². The first kappa shape index (κ1) is 30.1. The predicted molar refractivity (Wildman–Crippen MR) is 166 cm³/mol. The van der Waals surface area contributed by atoms with Gasteiger partial charge in [0, 0.05) is 50.3 Å². The number of aromatic carboxylic acids is 1. The molecule has 0 fully saturated rings. The topological polar surface area (TPSA) is 184 Å². The Morgan fingerprint density at radius 1 is 0.978 bits per heavy atom. The predicted octanol–water partition coefficient (Wildman–Crippen LogP) is 6.82. The molecule has 3 aromatic carbocycles. The highest BCUT2D eigenvalue weighted by molar-refractivity contribution is 7.39. The van der Waals surface area contributed by atoms with Crippen molar-refractivity contribution in [3.05, 3.63) is 118 Å². The number of rotatable bonds is 8. The number of carbonyl (C=O) groups is 1. The molecule has 13 heteroatoms. The fourth-order valence-electron chi connectivity index (χ4n) is 5.45. The Hall–Kier alpha value is -4.89. The van der Waals surface area contributed by atoms with E-state index in [1.165, 1.54) is 36.4 Å². The molecule has 6 rings (SSSR count). The van der Waals surface area contributed by atoms with E-state index in [2.05, 4.69) is 0 Å². The molecule has 0 saturated heterocycles. The van der Waals surface area contributed by atoms with Crippen LogP contribution in [0.2, 0.25) is 0 Å². The number of hydrogen-bond donors (Lipinski definition) is 5. The van der Waals surface area contributed by atoms with Crippen LogP contribution in [0.25, 0.3) is 44.5 Å². The van der Waals surface area contributed by atoms with Gasteiger partial charge in [0.1, 0.15) is 22.8 Å².